The van der Waals surface area contributed by atoms with E-state index in [0.717, 1.165) is 37.0 Å². The highest BCUT2D eigenvalue weighted by Gasteiger charge is 2.47. The van der Waals surface area contributed by atoms with E-state index in [1.54, 1.807) is 29.6 Å². The van der Waals surface area contributed by atoms with E-state index >= 15 is 0 Å². The van der Waals surface area contributed by atoms with Crippen molar-refractivity contribution >= 4 is 34.5 Å². The standard InChI is InChI=1S/C20H23F3N2O2S2/c1-13-9-10-16(29-13)17(18(26)24-14-6-3-2-4-7-14)25(19(27)20(21,22)23)12-15-8-5-11-28-15/h5,8-11,14,17H,2-4,6-7,12H2,1H3,(H,24,26). The summed E-state index contributed by atoms with van der Waals surface area (Å²) in [5.74, 6) is -2.55. The Balaban J connectivity index is 1.94. The average molecular weight is 445 g/mol. The van der Waals surface area contributed by atoms with Crippen molar-refractivity contribution < 1.29 is 22.8 Å². The zero-order chi connectivity index (χ0) is 21.0. The molecule has 4 nitrogen and oxygen atoms in total. The number of carbonyl (C=O) groups is 2. The van der Waals surface area contributed by atoms with Crippen molar-refractivity contribution in [1.29, 1.82) is 0 Å². The summed E-state index contributed by atoms with van der Waals surface area (Å²) in [7, 11) is 0. The highest BCUT2D eigenvalue weighted by Crippen LogP contribution is 2.34. The number of alkyl halides is 3. The lowest BCUT2D eigenvalue weighted by molar-refractivity contribution is -0.189. The van der Waals surface area contributed by atoms with Crippen LogP contribution in [0.15, 0.2) is 29.6 Å². The molecule has 1 saturated carbocycles. The minimum Gasteiger partial charge on any atom is -0.351 e. The lowest BCUT2D eigenvalue weighted by Gasteiger charge is -2.32. The zero-order valence-corrected chi connectivity index (χ0v) is 17.6. The third kappa shape index (κ3) is 5.60. The molecule has 1 atom stereocenters. The van der Waals surface area contributed by atoms with Gasteiger partial charge in [-0.25, -0.2) is 0 Å². The maximum Gasteiger partial charge on any atom is 0.471 e. The molecule has 2 aromatic heterocycles. The Morgan fingerprint density at radius 1 is 1.21 bits per heavy atom. The van der Waals surface area contributed by atoms with Gasteiger partial charge in [0.15, 0.2) is 0 Å². The van der Waals surface area contributed by atoms with Crippen LogP contribution in [0.2, 0.25) is 0 Å². The predicted molar refractivity (Wildman–Crippen MR) is 108 cm³/mol. The van der Waals surface area contributed by atoms with Crippen LogP contribution in [0.25, 0.3) is 0 Å². The maximum absolute atomic E-state index is 13.4. The lowest BCUT2D eigenvalue weighted by atomic mass is 9.95. The van der Waals surface area contributed by atoms with Gasteiger partial charge in [-0.05, 0) is 43.3 Å². The van der Waals surface area contributed by atoms with E-state index in [4.69, 9.17) is 0 Å². The van der Waals surface area contributed by atoms with Gasteiger partial charge in [0.25, 0.3) is 0 Å². The molecular weight excluding hydrogens is 421 g/mol. The van der Waals surface area contributed by atoms with E-state index in [-0.39, 0.29) is 12.6 Å². The van der Waals surface area contributed by atoms with Gasteiger partial charge in [0.2, 0.25) is 5.91 Å². The summed E-state index contributed by atoms with van der Waals surface area (Å²) < 4.78 is 40.2. The van der Waals surface area contributed by atoms with Gasteiger partial charge in [-0.2, -0.15) is 13.2 Å². The fourth-order valence-electron chi connectivity index (χ4n) is 3.57. The summed E-state index contributed by atoms with van der Waals surface area (Å²) in [5.41, 5.74) is 0. The van der Waals surface area contributed by atoms with Crippen LogP contribution in [0.1, 0.15) is 52.8 Å². The van der Waals surface area contributed by atoms with Crippen LogP contribution in [0, 0.1) is 6.92 Å². The van der Waals surface area contributed by atoms with E-state index < -0.39 is 24.0 Å². The normalized spacial score (nSPS) is 16.4. The fraction of sp³-hybridized carbons (Fsp3) is 0.500. The van der Waals surface area contributed by atoms with Crippen LogP contribution in [0.3, 0.4) is 0 Å². The Morgan fingerprint density at radius 3 is 2.48 bits per heavy atom. The van der Waals surface area contributed by atoms with Gasteiger partial charge in [-0.1, -0.05) is 25.3 Å². The van der Waals surface area contributed by atoms with Crippen molar-refractivity contribution in [3.05, 3.63) is 44.3 Å². The number of amides is 2. The van der Waals surface area contributed by atoms with Crippen LogP contribution < -0.4 is 5.32 Å². The molecule has 0 saturated heterocycles. The Kier molecular flexibility index (Phi) is 7.00. The van der Waals surface area contributed by atoms with Crippen molar-refractivity contribution in [2.24, 2.45) is 0 Å². The molecule has 9 heteroatoms. The number of aryl methyl sites for hydroxylation is 1. The number of halogens is 3. The second-order valence-electron chi connectivity index (χ2n) is 7.20. The van der Waals surface area contributed by atoms with E-state index in [1.165, 1.54) is 22.7 Å². The molecule has 0 bridgehead atoms. The maximum atomic E-state index is 13.4. The molecule has 1 fully saturated rings. The first-order valence-electron chi connectivity index (χ1n) is 9.52. The van der Waals surface area contributed by atoms with Crippen molar-refractivity contribution in [1.82, 2.24) is 10.2 Å². The minimum atomic E-state index is -5.06. The van der Waals surface area contributed by atoms with Gasteiger partial charge in [0.05, 0.1) is 6.54 Å². The summed E-state index contributed by atoms with van der Waals surface area (Å²) in [6, 6.07) is 5.38. The molecule has 158 valence electrons. The Bertz CT molecular complexity index is 827. The van der Waals surface area contributed by atoms with Gasteiger partial charge in [-0.15, -0.1) is 22.7 Å². The molecule has 1 aliphatic rings. The number of nitrogens with one attached hydrogen (secondary N) is 1. The second kappa shape index (κ2) is 9.30. The Morgan fingerprint density at radius 2 is 1.93 bits per heavy atom. The van der Waals surface area contributed by atoms with E-state index in [0.29, 0.717) is 14.7 Å². The van der Waals surface area contributed by atoms with E-state index in [1.807, 2.05) is 6.92 Å². The van der Waals surface area contributed by atoms with Gasteiger partial charge < -0.3 is 10.2 Å². The van der Waals surface area contributed by atoms with Crippen LogP contribution in [-0.4, -0.2) is 28.9 Å². The van der Waals surface area contributed by atoms with Crippen molar-refractivity contribution in [3.8, 4) is 0 Å². The molecule has 0 aromatic carbocycles. The third-order valence-electron chi connectivity index (χ3n) is 4.95. The summed E-state index contributed by atoms with van der Waals surface area (Å²) in [6.45, 7) is 1.55. The minimum absolute atomic E-state index is 0.0654. The number of thiophene rings is 2. The quantitative estimate of drug-likeness (QED) is 0.666. The van der Waals surface area contributed by atoms with Crippen LogP contribution in [-0.2, 0) is 16.1 Å². The highest BCUT2D eigenvalue weighted by atomic mass is 32.1. The molecule has 3 rings (SSSR count). The first-order chi connectivity index (χ1) is 13.8. The van der Waals surface area contributed by atoms with Crippen molar-refractivity contribution in [3.63, 3.8) is 0 Å². The van der Waals surface area contributed by atoms with Crippen LogP contribution >= 0.6 is 22.7 Å². The molecule has 2 heterocycles. The van der Waals surface area contributed by atoms with Gasteiger partial charge in [-0.3, -0.25) is 9.59 Å². The molecular formula is C20H23F3N2O2S2. The fourth-order valence-corrected chi connectivity index (χ4v) is 5.26. The SMILES string of the molecule is Cc1ccc(C(C(=O)NC2CCCCC2)N(Cc2cccs2)C(=O)C(F)(F)F)s1. The number of rotatable bonds is 6. The lowest BCUT2D eigenvalue weighted by Crippen LogP contribution is -2.49. The first kappa shape index (κ1) is 21.8. The molecule has 2 amide bonds. The summed E-state index contributed by atoms with van der Waals surface area (Å²) in [4.78, 5) is 28.1. The molecule has 1 unspecified atom stereocenters. The van der Waals surface area contributed by atoms with E-state index in [9.17, 15) is 22.8 Å². The third-order valence-corrected chi connectivity index (χ3v) is 6.87. The smallest absolute Gasteiger partial charge is 0.351 e. The van der Waals surface area contributed by atoms with Gasteiger partial charge in [0.1, 0.15) is 6.04 Å². The summed E-state index contributed by atoms with van der Waals surface area (Å²) in [5, 5.41) is 4.64. The second-order valence-corrected chi connectivity index (χ2v) is 9.56. The molecule has 1 N–H and O–H groups in total. The van der Waals surface area contributed by atoms with E-state index in [2.05, 4.69) is 5.32 Å². The van der Waals surface area contributed by atoms with Crippen molar-refractivity contribution in [2.75, 3.05) is 0 Å². The molecule has 0 spiro atoms. The number of hydrogen-bond acceptors (Lipinski definition) is 4. The van der Waals surface area contributed by atoms with Gasteiger partial charge in [0, 0.05) is 20.7 Å². The Labute approximate surface area is 175 Å². The number of hydrogen-bond donors (Lipinski definition) is 1. The first-order valence-corrected chi connectivity index (χ1v) is 11.2. The monoisotopic (exact) mass is 444 g/mol. The topological polar surface area (TPSA) is 49.4 Å². The predicted octanol–water partition coefficient (Wildman–Crippen LogP) is 5.20. The largest absolute Gasteiger partial charge is 0.471 e. The van der Waals surface area contributed by atoms with Crippen LogP contribution in [0.4, 0.5) is 13.2 Å². The molecule has 1 aliphatic carbocycles. The molecule has 29 heavy (non-hydrogen) atoms. The van der Waals surface area contributed by atoms with Gasteiger partial charge >= 0.3 is 12.1 Å². The average Bonchev–Trinajstić information content (AvgIpc) is 3.32. The number of carbonyl (C=O) groups excluding carboxylic acids is 2. The van der Waals surface area contributed by atoms with Crippen molar-refractivity contribution in [2.45, 2.75) is 63.8 Å². The zero-order valence-electron chi connectivity index (χ0n) is 16.0. The highest BCUT2D eigenvalue weighted by molar-refractivity contribution is 7.12. The summed E-state index contributed by atoms with van der Waals surface area (Å²) >= 11 is 2.49. The van der Waals surface area contributed by atoms with Crippen LogP contribution in [0.5, 0.6) is 0 Å². The molecule has 0 aliphatic heterocycles. The molecule has 2 aromatic rings. The summed E-state index contributed by atoms with van der Waals surface area (Å²) in [6.07, 6.45) is -0.397. The molecule has 0 radical (unpaired) electrons. The number of nitrogens with zero attached hydrogens (tertiary/aromatic N) is 1. The Hall–Kier alpha value is -1.87.